The van der Waals surface area contributed by atoms with Gasteiger partial charge in [0.2, 0.25) is 16.7 Å². The van der Waals surface area contributed by atoms with Gasteiger partial charge >= 0.3 is 35.2 Å². The van der Waals surface area contributed by atoms with Crippen molar-refractivity contribution in [1.29, 1.82) is 0 Å². The SMILES string of the molecule is Cc1cc(=O)oc2cc(O[C@H]3O[C@H](COS(=O)(=O)[O-])[C@@H](O)[C@H](O)[C@@H]3O)ccc12.[Na+]. The number of hydrogen-bond acceptors (Lipinski definition) is 11. The number of benzene rings is 1. The molecule has 154 valence electrons. The summed E-state index contributed by atoms with van der Waals surface area (Å²) in [7, 11) is -5.05. The molecule has 0 amide bonds. The van der Waals surface area contributed by atoms with Gasteiger partial charge < -0.3 is 33.8 Å². The van der Waals surface area contributed by atoms with E-state index in [9.17, 15) is 33.1 Å². The summed E-state index contributed by atoms with van der Waals surface area (Å²) in [5.41, 5.74) is 0.331. The second kappa shape index (κ2) is 9.39. The zero-order chi connectivity index (χ0) is 20.6. The fourth-order valence-corrected chi connectivity index (χ4v) is 3.12. The Bertz CT molecular complexity index is 1020. The van der Waals surface area contributed by atoms with Crippen LogP contribution in [-0.4, -0.2) is 65.6 Å². The van der Waals surface area contributed by atoms with Crippen LogP contribution in [0.15, 0.2) is 33.5 Å². The van der Waals surface area contributed by atoms with Crippen molar-refractivity contribution >= 4 is 21.4 Å². The molecular weight excluding hydrogens is 423 g/mol. The first-order valence-corrected chi connectivity index (χ1v) is 9.39. The molecule has 1 saturated heterocycles. The molecule has 0 bridgehead atoms. The van der Waals surface area contributed by atoms with E-state index >= 15 is 0 Å². The second-order valence-electron chi connectivity index (χ2n) is 6.23. The van der Waals surface area contributed by atoms with Gasteiger partial charge in [0, 0.05) is 17.5 Å². The molecule has 1 aromatic carbocycles. The molecule has 2 aromatic rings. The van der Waals surface area contributed by atoms with Crippen molar-refractivity contribution in [2.75, 3.05) is 6.61 Å². The molecule has 1 aliphatic rings. The first-order chi connectivity index (χ1) is 13.0. The summed E-state index contributed by atoms with van der Waals surface area (Å²) in [6.07, 6.45) is -8.19. The average molecular weight is 440 g/mol. The van der Waals surface area contributed by atoms with Crippen molar-refractivity contribution in [3.63, 3.8) is 0 Å². The van der Waals surface area contributed by atoms with Crippen LogP contribution in [0.1, 0.15) is 5.56 Å². The van der Waals surface area contributed by atoms with Crippen molar-refractivity contribution in [3.8, 4) is 5.75 Å². The predicted molar refractivity (Wildman–Crippen MR) is 90.2 cm³/mol. The van der Waals surface area contributed by atoms with Gasteiger partial charge in [-0.3, -0.25) is 4.18 Å². The molecule has 0 aliphatic carbocycles. The summed E-state index contributed by atoms with van der Waals surface area (Å²) < 4.78 is 51.6. The maximum absolute atomic E-state index is 11.5. The van der Waals surface area contributed by atoms with E-state index in [4.69, 9.17) is 13.9 Å². The van der Waals surface area contributed by atoms with Crippen LogP contribution in [0.2, 0.25) is 0 Å². The minimum atomic E-state index is -5.05. The molecule has 0 radical (unpaired) electrons. The van der Waals surface area contributed by atoms with Crippen LogP contribution in [0.4, 0.5) is 0 Å². The number of aliphatic hydroxyl groups excluding tert-OH is 3. The van der Waals surface area contributed by atoms with Gasteiger partial charge in [-0.2, -0.15) is 0 Å². The topological polar surface area (TPSA) is 176 Å². The van der Waals surface area contributed by atoms with E-state index in [1.807, 2.05) is 0 Å². The van der Waals surface area contributed by atoms with Crippen LogP contribution in [0, 0.1) is 6.92 Å². The summed E-state index contributed by atoms with van der Waals surface area (Å²) in [5, 5.41) is 30.5. The van der Waals surface area contributed by atoms with Crippen molar-refractivity contribution in [1.82, 2.24) is 0 Å². The summed E-state index contributed by atoms with van der Waals surface area (Å²) in [6.45, 7) is 0.836. The molecule has 0 saturated carbocycles. The van der Waals surface area contributed by atoms with E-state index in [0.717, 1.165) is 0 Å². The molecular formula is C16H17NaO11S. The standard InChI is InChI=1S/C16H18O11S.Na/c1-7-4-12(17)26-10-5-8(2-3-9(7)10)25-16-15(20)14(19)13(18)11(27-16)6-24-28(21,22)23;/h2-5,11,13-16,18-20H,6H2,1H3,(H,21,22,23);/q;+1/p-1/t11-,13-,14+,15+,16+;/m1./s1. The largest absolute Gasteiger partial charge is 1.00 e. The van der Waals surface area contributed by atoms with Gasteiger partial charge in [0.15, 0.2) is 0 Å². The molecule has 1 fully saturated rings. The molecule has 2 heterocycles. The maximum Gasteiger partial charge on any atom is 1.00 e. The molecule has 3 rings (SSSR count). The van der Waals surface area contributed by atoms with Crippen molar-refractivity contribution in [3.05, 3.63) is 40.2 Å². The Morgan fingerprint density at radius 3 is 2.48 bits per heavy atom. The van der Waals surface area contributed by atoms with Gasteiger partial charge in [0.1, 0.15) is 35.7 Å². The van der Waals surface area contributed by atoms with Gasteiger partial charge in [0.05, 0.1) is 6.61 Å². The molecule has 0 unspecified atom stereocenters. The van der Waals surface area contributed by atoms with Crippen molar-refractivity contribution < 1.29 is 75.9 Å². The first-order valence-electron chi connectivity index (χ1n) is 8.06. The van der Waals surface area contributed by atoms with Crippen LogP contribution < -0.4 is 39.9 Å². The molecule has 1 aromatic heterocycles. The molecule has 1 aliphatic heterocycles. The van der Waals surface area contributed by atoms with E-state index in [-0.39, 0.29) is 40.9 Å². The predicted octanol–water partition coefficient (Wildman–Crippen LogP) is -4.23. The van der Waals surface area contributed by atoms with Crippen LogP contribution in [0.5, 0.6) is 5.75 Å². The maximum atomic E-state index is 11.5. The fourth-order valence-electron chi connectivity index (χ4n) is 2.81. The Morgan fingerprint density at radius 1 is 1.14 bits per heavy atom. The summed E-state index contributed by atoms with van der Waals surface area (Å²) in [4.78, 5) is 11.5. The number of aliphatic hydroxyl groups is 3. The summed E-state index contributed by atoms with van der Waals surface area (Å²) >= 11 is 0. The zero-order valence-corrected chi connectivity index (χ0v) is 18.2. The third-order valence-corrected chi connectivity index (χ3v) is 4.64. The van der Waals surface area contributed by atoms with Crippen LogP contribution in [0.3, 0.4) is 0 Å². The average Bonchev–Trinajstić information content (AvgIpc) is 2.60. The minimum absolute atomic E-state index is 0. The summed E-state index contributed by atoms with van der Waals surface area (Å²) in [6, 6.07) is 5.79. The Balaban J connectivity index is 0.00000300. The third kappa shape index (κ3) is 5.76. The van der Waals surface area contributed by atoms with Crippen LogP contribution in [-0.2, 0) is 19.3 Å². The van der Waals surface area contributed by atoms with E-state index in [0.29, 0.717) is 10.9 Å². The minimum Gasteiger partial charge on any atom is -0.726 e. The Labute approximate surface area is 187 Å². The molecule has 0 spiro atoms. The number of hydrogen-bond donors (Lipinski definition) is 3. The third-order valence-electron chi connectivity index (χ3n) is 4.22. The number of aryl methyl sites for hydroxylation is 1. The Morgan fingerprint density at radius 2 is 1.83 bits per heavy atom. The van der Waals surface area contributed by atoms with Gasteiger partial charge in [-0.15, -0.1) is 0 Å². The van der Waals surface area contributed by atoms with Gasteiger partial charge in [-0.1, -0.05) is 0 Å². The van der Waals surface area contributed by atoms with Crippen LogP contribution >= 0.6 is 0 Å². The quantitative estimate of drug-likeness (QED) is 0.178. The van der Waals surface area contributed by atoms with Gasteiger partial charge in [0.25, 0.3) is 0 Å². The first kappa shape index (κ1) is 24.2. The Kier molecular flexibility index (Phi) is 7.84. The van der Waals surface area contributed by atoms with Crippen LogP contribution in [0.25, 0.3) is 11.0 Å². The number of fused-ring (bicyclic) bond motifs is 1. The molecule has 11 nitrogen and oxygen atoms in total. The zero-order valence-electron chi connectivity index (χ0n) is 15.4. The monoisotopic (exact) mass is 440 g/mol. The number of rotatable bonds is 5. The van der Waals surface area contributed by atoms with Gasteiger partial charge in [-0.25, -0.2) is 13.2 Å². The van der Waals surface area contributed by atoms with E-state index < -0.39 is 53.3 Å². The van der Waals surface area contributed by atoms with Crippen molar-refractivity contribution in [2.45, 2.75) is 37.6 Å². The molecule has 5 atom stereocenters. The smallest absolute Gasteiger partial charge is 0.726 e. The van der Waals surface area contributed by atoms with Crippen molar-refractivity contribution in [2.24, 2.45) is 0 Å². The number of ether oxygens (including phenoxy) is 2. The molecule has 3 N–H and O–H groups in total. The fraction of sp³-hybridized carbons (Fsp3) is 0.438. The normalized spacial score (nSPS) is 27.4. The summed E-state index contributed by atoms with van der Waals surface area (Å²) in [5.74, 6) is 0.102. The second-order valence-corrected chi connectivity index (χ2v) is 7.28. The molecule has 13 heteroatoms. The molecule has 29 heavy (non-hydrogen) atoms. The van der Waals surface area contributed by atoms with E-state index in [2.05, 4.69) is 4.18 Å². The Hall–Kier alpha value is -1.06. The van der Waals surface area contributed by atoms with Gasteiger partial charge in [-0.05, 0) is 24.6 Å². The van der Waals surface area contributed by atoms with E-state index in [1.54, 1.807) is 13.0 Å². The van der Waals surface area contributed by atoms with E-state index in [1.165, 1.54) is 18.2 Å².